The number of benzene rings is 2. The maximum Gasteiger partial charge on any atom is 0.127 e. The third-order valence-electron chi connectivity index (χ3n) is 4.55. The molecule has 2 heteroatoms. The third kappa shape index (κ3) is 3.76. The van der Waals surface area contributed by atoms with E-state index in [4.69, 9.17) is 4.74 Å². The van der Waals surface area contributed by atoms with Crippen LogP contribution in [0.5, 0.6) is 5.75 Å². The van der Waals surface area contributed by atoms with E-state index in [-0.39, 0.29) is 0 Å². The summed E-state index contributed by atoms with van der Waals surface area (Å²) < 4.78 is 6.02. The first kappa shape index (κ1) is 14.4. The summed E-state index contributed by atoms with van der Waals surface area (Å²) in [7, 11) is 0. The van der Waals surface area contributed by atoms with Crippen LogP contribution in [0.3, 0.4) is 0 Å². The van der Waals surface area contributed by atoms with E-state index in [2.05, 4.69) is 49.4 Å². The Bertz CT molecular complexity index is 575. The number of likely N-dealkylation sites (tertiary alicyclic amines) is 1. The topological polar surface area (TPSA) is 13.7 Å². The molecule has 2 atom stereocenters. The molecule has 2 aromatic carbocycles. The molecule has 1 N–H and O–H groups in total. The van der Waals surface area contributed by atoms with Gasteiger partial charge in [-0.3, -0.25) is 0 Å². The van der Waals surface area contributed by atoms with Crippen LogP contribution in [-0.4, -0.2) is 26.2 Å². The van der Waals surface area contributed by atoms with Crippen molar-refractivity contribution in [3.05, 3.63) is 42.5 Å². The lowest BCUT2D eigenvalue weighted by atomic mass is 10.0. The fourth-order valence-corrected chi connectivity index (χ4v) is 3.45. The van der Waals surface area contributed by atoms with Gasteiger partial charge >= 0.3 is 0 Å². The van der Waals surface area contributed by atoms with Gasteiger partial charge < -0.3 is 9.64 Å². The van der Waals surface area contributed by atoms with Crippen LogP contribution in [0.25, 0.3) is 10.8 Å². The van der Waals surface area contributed by atoms with Crippen LogP contribution >= 0.6 is 0 Å². The molecule has 1 unspecified atom stereocenters. The fourth-order valence-electron chi connectivity index (χ4n) is 3.45. The van der Waals surface area contributed by atoms with Gasteiger partial charge in [0, 0.05) is 17.7 Å². The third-order valence-corrected chi connectivity index (χ3v) is 4.55. The van der Waals surface area contributed by atoms with E-state index in [0.717, 1.165) is 24.7 Å². The summed E-state index contributed by atoms with van der Waals surface area (Å²) in [6.45, 7) is 7.14. The van der Waals surface area contributed by atoms with Gasteiger partial charge in [-0.05, 0) is 24.3 Å². The summed E-state index contributed by atoms with van der Waals surface area (Å²) in [5.74, 6) is 1.92. The number of rotatable bonds is 5. The number of hydrogen-bond acceptors (Lipinski definition) is 1. The molecule has 1 fully saturated rings. The molecule has 112 valence electrons. The molecule has 2 nitrogen and oxygen atoms in total. The molecule has 0 radical (unpaired) electrons. The first-order chi connectivity index (χ1) is 10.3. The molecule has 0 aliphatic carbocycles. The summed E-state index contributed by atoms with van der Waals surface area (Å²) in [4.78, 5) is 1.76. The molecule has 21 heavy (non-hydrogen) atoms. The number of hydrogen-bond donors (Lipinski definition) is 1. The minimum Gasteiger partial charge on any atom is -0.493 e. The Morgan fingerprint density at radius 3 is 2.90 bits per heavy atom. The largest absolute Gasteiger partial charge is 0.493 e. The van der Waals surface area contributed by atoms with E-state index >= 15 is 0 Å². The number of fused-ring (bicyclic) bond motifs is 1. The van der Waals surface area contributed by atoms with Crippen molar-refractivity contribution in [2.45, 2.75) is 26.2 Å². The monoisotopic (exact) mass is 284 g/mol. The second-order valence-corrected chi connectivity index (χ2v) is 6.38. The Hall–Kier alpha value is -1.54. The summed E-state index contributed by atoms with van der Waals surface area (Å²) >= 11 is 0. The normalized spacial score (nSPS) is 22.3. The quantitative estimate of drug-likeness (QED) is 0.834. The smallest absolute Gasteiger partial charge is 0.127 e. The molecule has 3 rings (SSSR count). The van der Waals surface area contributed by atoms with Gasteiger partial charge in [-0.1, -0.05) is 43.3 Å². The minimum atomic E-state index is 0.825. The summed E-state index contributed by atoms with van der Waals surface area (Å²) in [6.07, 6.45) is 3.95. The van der Waals surface area contributed by atoms with Crippen molar-refractivity contribution in [1.82, 2.24) is 0 Å². The number of ether oxygens (including phenoxy) is 1. The van der Waals surface area contributed by atoms with Crippen molar-refractivity contribution < 1.29 is 9.64 Å². The zero-order valence-electron chi connectivity index (χ0n) is 13.0. The average molecular weight is 284 g/mol. The van der Waals surface area contributed by atoms with Gasteiger partial charge in [-0.2, -0.15) is 0 Å². The Kier molecular flexibility index (Phi) is 4.76. The number of nitrogens with one attached hydrogen (secondary N) is 1. The van der Waals surface area contributed by atoms with Gasteiger partial charge in [0.2, 0.25) is 0 Å². The van der Waals surface area contributed by atoms with Crippen LogP contribution in [0.2, 0.25) is 0 Å². The molecule has 0 aromatic heterocycles. The van der Waals surface area contributed by atoms with Gasteiger partial charge in [0.1, 0.15) is 5.75 Å². The van der Waals surface area contributed by atoms with Crippen LogP contribution in [0, 0.1) is 5.92 Å². The lowest BCUT2D eigenvalue weighted by molar-refractivity contribution is -0.908. The Morgan fingerprint density at radius 2 is 2.00 bits per heavy atom. The van der Waals surface area contributed by atoms with Crippen molar-refractivity contribution in [3.8, 4) is 5.75 Å². The Morgan fingerprint density at radius 1 is 1.14 bits per heavy atom. The standard InChI is InChI=1S/C19H25NO/c1-16-7-5-12-20(15-16)13-6-14-21-19-11-4-9-17-8-2-3-10-18(17)19/h2-4,8-11,16H,5-7,12-15H2,1H3/p+1/t16-/m0/s1. The van der Waals surface area contributed by atoms with Crippen molar-refractivity contribution in [2.24, 2.45) is 5.92 Å². The first-order valence-electron chi connectivity index (χ1n) is 8.27. The summed E-state index contributed by atoms with van der Waals surface area (Å²) in [5.41, 5.74) is 0. The molecule has 0 amide bonds. The zero-order valence-corrected chi connectivity index (χ0v) is 13.0. The van der Waals surface area contributed by atoms with Gasteiger partial charge in [-0.15, -0.1) is 0 Å². The van der Waals surface area contributed by atoms with Crippen LogP contribution in [0.1, 0.15) is 26.2 Å². The highest BCUT2D eigenvalue weighted by Gasteiger charge is 2.18. The number of quaternary nitrogens is 1. The van der Waals surface area contributed by atoms with E-state index in [0.29, 0.717) is 0 Å². The maximum atomic E-state index is 6.02. The van der Waals surface area contributed by atoms with Crippen LogP contribution < -0.4 is 9.64 Å². The molecule has 0 bridgehead atoms. The van der Waals surface area contributed by atoms with E-state index in [1.165, 1.54) is 43.2 Å². The predicted octanol–water partition coefficient (Wildman–Crippen LogP) is 2.92. The van der Waals surface area contributed by atoms with Gasteiger partial charge in [-0.25, -0.2) is 0 Å². The number of piperidine rings is 1. The average Bonchev–Trinajstić information content (AvgIpc) is 2.52. The van der Waals surface area contributed by atoms with E-state index in [1.54, 1.807) is 4.90 Å². The second-order valence-electron chi connectivity index (χ2n) is 6.38. The Labute approximate surface area is 127 Å². The highest BCUT2D eigenvalue weighted by molar-refractivity contribution is 5.88. The van der Waals surface area contributed by atoms with Crippen LogP contribution in [0.15, 0.2) is 42.5 Å². The van der Waals surface area contributed by atoms with Crippen molar-refractivity contribution >= 4 is 10.8 Å². The van der Waals surface area contributed by atoms with Crippen molar-refractivity contribution in [2.75, 3.05) is 26.2 Å². The molecular formula is C19H26NO+. The predicted molar refractivity (Wildman–Crippen MR) is 88.0 cm³/mol. The van der Waals surface area contributed by atoms with E-state index in [1.807, 2.05) is 0 Å². The van der Waals surface area contributed by atoms with Gasteiger partial charge in [0.15, 0.2) is 0 Å². The SMILES string of the molecule is C[C@H]1CCC[NH+](CCCOc2cccc3ccccc23)C1. The summed E-state index contributed by atoms with van der Waals surface area (Å²) in [5, 5.41) is 2.48. The first-order valence-corrected chi connectivity index (χ1v) is 8.27. The van der Waals surface area contributed by atoms with Crippen LogP contribution in [0.4, 0.5) is 0 Å². The molecular weight excluding hydrogens is 258 g/mol. The maximum absolute atomic E-state index is 6.02. The van der Waals surface area contributed by atoms with Crippen molar-refractivity contribution in [3.63, 3.8) is 0 Å². The zero-order chi connectivity index (χ0) is 14.5. The molecule has 1 aliphatic rings. The highest BCUT2D eigenvalue weighted by Crippen LogP contribution is 2.25. The molecule has 0 spiro atoms. The molecule has 1 heterocycles. The molecule has 1 aliphatic heterocycles. The Balaban J connectivity index is 1.50. The fraction of sp³-hybridized carbons (Fsp3) is 0.474. The second kappa shape index (κ2) is 6.95. The van der Waals surface area contributed by atoms with E-state index < -0.39 is 0 Å². The van der Waals surface area contributed by atoms with E-state index in [9.17, 15) is 0 Å². The lowest BCUT2D eigenvalue weighted by Crippen LogP contribution is -3.13. The summed E-state index contributed by atoms with van der Waals surface area (Å²) in [6, 6.07) is 14.7. The van der Waals surface area contributed by atoms with Crippen molar-refractivity contribution in [1.29, 1.82) is 0 Å². The lowest BCUT2D eigenvalue weighted by Gasteiger charge is -2.27. The van der Waals surface area contributed by atoms with Gasteiger partial charge in [0.05, 0.1) is 26.2 Å². The highest BCUT2D eigenvalue weighted by atomic mass is 16.5. The molecule has 1 saturated heterocycles. The molecule has 0 saturated carbocycles. The minimum absolute atomic E-state index is 0.825. The van der Waals surface area contributed by atoms with Gasteiger partial charge in [0.25, 0.3) is 0 Å². The molecule has 2 aromatic rings. The van der Waals surface area contributed by atoms with Crippen LogP contribution in [-0.2, 0) is 0 Å².